The van der Waals surface area contributed by atoms with Crippen LogP contribution in [-0.4, -0.2) is 14.1 Å². The molecule has 0 amide bonds. The van der Waals surface area contributed by atoms with Crippen molar-refractivity contribution in [3.63, 3.8) is 0 Å². The molecule has 0 aliphatic carbocycles. The Morgan fingerprint density at radius 1 is 0.458 bits per heavy atom. The van der Waals surface area contributed by atoms with Crippen LogP contribution in [-0.2, 0) is 5.41 Å². The van der Waals surface area contributed by atoms with Crippen molar-refractivity contribution in [1.29, 1.82) is 0 Å². The van der Waals surface area contributed by atoms with Crippen molar-refractivity contribution in [3.05, 3.63) is 163 Å². The number of rotatable bonds is 4. The second kappa shape index (κ2) is 9.93. The summed E-state index contributed by atoms with van der Waals surface area (Å²) < 4.78 is 10.9. The third-order valence-corrected chi connectivity index (χ3v) is 10.3. The van der Waals surface area contributed by atoms with E-state index in [1.165, 1.54) is 60.4 Å². The second-order valence-electron chi connectivity index (χ2n) is 13.3. The summed E-state index contributed by atoms with van der Waals surface area (Å²) in [4.78, 5) is 4.27. The van der Waals surface area contributed by atoms with Crippen LogP contribution in [0.15, 0.2) is 156 Å². The molecule has 4 aromatic heterocycles. The van der Waals surface area contributed by atoms with E-state index < -0.39 is 0 Å². The number of hydrogen-bond donors (Lipinski definition) is 0. The van der Waals surface area contributed by atoms with Crippen LogP contribution in [0.2, 0.25) is 0 Å². The summed E-state index contributed by atoms with van der Waals surface area (Å²) >= 11 is 0. The molecule has 0 radical (unpaired) electrons. The lowest BCUT2D eigenvalue weighted by atomic mass is 9.77. The molecule has 4 heterocycles. The van der Waals surface area contributed by atoms with Gasteiger partial charge in [0.25, 0.3) is 0 Å². The van der Waals surface area contributed by atoms with Crippen LogP contribution in [0.5, 0.6) is 0 Å². The van der Waals surface area contributed by atoms with Crippen molar-refractivity contribution < 1.29 is 4.42 Å². The van der Waals surface area contributed by atoms with E-state index in [9.17, 15) is 0 Å². The molecule has 0 saturated heterocycles. The molecular weight excluding hydrogens is 587 g/mol. The molecule has 0 N–H and O–H groups in total. The zero-order chi connectivity index (χ0) is 32.0. The standard InChI is InChI=1S/C44H31N3O/c1-44(2,28-16-19-34-32-12-6-8-14-38(32)46(40(34)24-28)30-10-4-3-5-11-30)29-17-20-35-33-13-7-9-15-39(33)47(41(35)25-29)31-18-21-42-37(26-31)36-22-23-45-27-43(36)48-42/h3-27H,1-2H3. The van der Waals surface area contributed by atoms with Crippen LogP contribution in [0.25, 0.3) is 76.9 Å². The Morgan fingerprint density at radius 2 is 1.04 bits per heavy atom. The lowest BCUT2D eigenvalue weighted by molar-refractivity contribution is 0.642. The Morgan fingerprint density at radius 3 is 1.71 bits per heavy atom. The number of para-hydroxylation sites is 3. The number of aromatic nitrogens is 3. The first-order chi connectivity index (χ1) is 23.6. The van der Waals surface area contributed by atoms with Crippen LogP contribution in [0, 0.1) is 0 Å². The van der Waals surface area contributed by atoms with E-state index in [1.807, 2.05) is 12.3 Å². The largest absolute Gasteiger partial charge is 0.454 e. The fraction of sp³-hybridized carbons (Fsp3) is 0.0682. The summed E-state index contributed by atoms with van der Waals surface area (Å²) in [6.07, 6.45) is 3.62. The molecule has 0 spiro atoms. The lowest BCUT2D eigenvalue weighted by Gasteiger charge is -2.27. The van der Waals surface area contributed by atoms with E-state index in [0.717, 1.165) is 27.6 Å². The van der Waals surface area contributed by atoms with Crippen LogP contribution in [0.1, 0.15) is 25.0 Å². The molecule has 48 heavy (non-hydrogen) atoms. The van der Waals surface area contributed by atoms with Crippen molar-refractivity contribution in [2.24, 2.45) is 0 Å². The van der Waals surface area contributed by atoms with Gasteiger partial charge in [0.2, 0.25) is 0 Å². The maximum atomic E-state index is 6.13. The molecule has 6 aromatic carbocycles. The van der Waals surface area contributed by atoms with Gasteiger partial charge in [-0.15, -0.1) is 0 Å². The minimum atomic E-state index is -0.265. The third kappa shape index (κ3) is 3.80. The maximum absolute atomic E-state index is 6.13. The minimum absolute atomic E-state index is 0.265. The average Bonchev–Trinajstić information content (AvgIpc) is 3.78. The van der Waals surface area contributed by atoms with Crippen molar-refractivity contribution >= 4 is 65.6 Å². The summed E-state index contributed by atoms with van der Waals surface area (Å²) in [6.45, 7) is 4.69. The molecule has 0 aliphatic rings. The number of fused-ring (bicyclic) bond motifs is 9. The number of benzene rings is 6. The predicted molar refractivity (Wildman–Crippen MR) is 199 cm³/mol. The quantitative estimate of drug-likeness (QED) is 0.197. The van der Waals surface area contributed by atoms with Gasteiger partial charge in [0.15, 0.2) is 5.58 Å². The summed E-state index contributed by atoms with van der Waals surface area (Å²) in [7, 11) is 0. The van der Waals surface area contributed by atoms with E-state index in [-0.39, 0.29) is 5.41 Å². The van der Waals surface area contributed by atoms with Gasteiger partial charge in [0.1, 0.15) is 5.58 Å². The van der Waals surface area contributed by atoms with E-state index in [0.29, 0.717) is 0 Å². The molecule has 0 fully saturated rings. The number of furan rings is 1. The van der Waals surface area contributed by atoms with Crippen molar-refractivity contribution in [2.45, 2.75) is 19.3 Å². The van der Waals surface area contributed by atoms with Crippen molar-refractivity contribution in [2.75, 3.05) is 0 Å². The van der Waals surface area contributed by atoms with Crippen LogP contribution in [0.3, 0.4) is 0 Å². The van der Waals surface area contributed by atoms with Gasteiger partial charge in [0, 0.05) is 55.3 Å². The van der Waals surface area contributed by atoms with Crippen molar-refractivity contribution in [1.82, 2.24) is 14.1 Å². The second-order valence-corrected chi connectivity index (χ2v) is 13.3. The molecule has 4 heteroatoms. The molecule has 0 unspecified atom stereocenters. The first-order valence-electron chi connectivity index (χ1n) is 16.5. The first kappa shape index (κ1) is 27.0. The zero-order valence-electron chi connectivity index (χ0n) is 26.7. The topological polar surface area (TPSA) is 35.9 Å². The zero-order valence-corrected chi connectivity index (χ0v) is 26.7. The number of pyridine rings is 1. The smallest absolute Gasteiger partial charge is 0.153 e. The predicted octanol–water partition coefficient (Wildman–Crippen LogP) is 11.5. The van der Waals surface area contributed by atoms with E-state index in [1.54, 1.807) is 6.20 Å². The van der Waals surface area contributed by atoms with Crippen LogP contribution in [0.4, 0.5) is 0 Å². The van der Waals surface area contributed by atoms with Gasteiger partial charge in [-0.05, 0) is 71.8 Å². The molecule has 10 aromatic rings. The fourth-order valence-electron chi connectivity index (χ4n) is 7.78. The highest BCUT2D eigenvalue weighted by molar-refractivity contribution is 6.11. The molecule has 4 nitrogen and oxygen atoms in total. The van der Waals surface area contributed by atoms with E-state index in [2.05, 4.69) is 161 Å². The SMILES string of the molecule is CC(C)(c1ccc2c3ccccc3n(-c3ccccc3)c2c1)c1ccc2c3ccccc3n(-c3ccc4oc5cnccc5c4c3)c2c1. The summed E-state index contributed by atoms with van der Waals surface area (Å²) in [5.74, 6) is 0. The van der Waals surface area contributed by atoms with Gasteiger partial charge in [-0.3, -0.25) is 4.98 Å². The van der Waals surface area contributed by atoms with Gasteiger partial charge in [-0.25, -0.2) is 0 Å². The molecule has 0 atom stereocenters. The Hall–Kier alpha value is -6.13. The Kier molecular flexibility index (Phi) is 5.59. The van der Waals surface area contributed by atoms with Gasteiger partial charge in [-0.1, -0.05) is 92.7 Å². The first-order valence-corrected chi connectivity index (χ1v) is 16.5. The van der Waals surface area contributed by atoms with E-state index in [4.69, 9.17) is 4.42 Å². The van der Waals surface area contributed by atoms with Crippen LogP contribution >= 0.6 is 0 Å². The summed E-state index contributed by atoms with van der Waals surface area (Å²) in [6, 6.07) is 50.7. The minimum Gasteiger partial charge on any atom is -0.454 e. The Balaban J connectivity index is 1.18. The molecule has 10 rings (SSSR count). The Labute approximate surface area is 277 Å². The third-order valence-electron chi connectivity index (χ3n) is 10.3. The van der Waals surface area contributed by atoms with Gasteiger partial charge < -0.3 is 13.6 Å². The lowest BCUT2D eigenvalue weighted by Crippen LogP contribution is -2.19. The maximum Gasteiger partial charge on any atom is 0.153 e. The highest BCUT2D eigenvalue weighted by Gasteiger charge is 2.26. The highest BCUT2D eigenvalue weighted by Crippen LogP contribution is 2.41. The average molecular weight is 618 g/mol. The molecule has 0 saturated carbocycles. The normalized spacial score (nSPS) is 12.4. The molecular formula is C44H31N3O. The highest BCUT2D eigenvalue weighted by atomic mass is 16.3. The summed E-state index contributed by atoms with van der Waals surface area (Å²) in [5, 5.41) is 7.19. The Bertz CT molecular complexity index is 2870. The molecule has 228 valence electrons. The fourth-order valence-corrected chi connectivity index (χ4v) is 7.78. The monoisotopic (exact) mass is 617 g/mol. The van der Waals surface area contributed by atoms with Gasteiger partial charge >= 0.3 is 0 Å². The molecule has 0 aliphatic heterocycles. The number of hydrogen-bond acceptors (Lipinski definition) is 2. The summed E-state index contributed by atoms with van der Waals surface area (Å²) in [5.41, 5.74) is 11.0. The van der Waals surface area contributed by atoms with Crippen molar-refractivity contribution in [3.8, 4) is 11.4 Å². The number of nitrogens with zero attached hydrogens (tertiary/aromatic N) is 3. The van der Waals surface area contributed by atoms with Gasteiger partial charge in [-0.2, -0.15) is 0 Å². The van der Waals surface area contributed by atoms with Crippen LogP contribution < -0.4 is 0 Å². The van der Waals surface area contributed by atoms with Gasteiger partial charge in [0.05, 0.1) is 28.3 Å². The molecule has 0 bridgehead atoms. The van der Waals surface area contributed by atoms with E-state index >= 15 is 0 Å².